The Morgan fingerprint density at radius 1 is 0.722 bits per heavy atom. The molecule has 3 saturated heterocycles. The number of aliphatic hydroxyl groups is 1. The van der Waals surface area contributed by atoms with Gasteiger partial charge in [-0.3, -0.25) is 0 Å². The van der Waals surface area contributed by atoms with Gasteiger partial charge in [0.05, 0.1) is 44.7 Å². The van der Waals surface area contributed by atoms with E-state index in [4.69, 9.17) is 42.0 Å². The lowest BCUT2D eigenvalue weighted by molar-refractivity contribution is -0.209. The van der Waals surface area contributed by atoms with Crippen molar-refractivity contribution in [3.8, 4) is 0 Å². The van der Waals surface area contributed by atoms with Crippen LogP contribution in [-0.2, 0) is 42.0 Å². The highest BCUT2D eigenvalue weighted by Crippen LogP contribution is 2.36. The topological polar surface area (TPSA) is 103 Å². The lowest BCUT2D eigenvalue weighted by atomic mass is 10.0. The zero-order chi connectivity index (χ0) is 26.2. The van der Waals surface area contributed by atoms with E-state index in [0.717, 1.165) is 12.8 Å². The first-order valence-corrected chi connectivity index (χ1v) is 13.9. The normalized spacial score (nSPS) is 42.9. The van der Waals surface area contributed by atoms with Crippen LogP contribution in [-0.4, -0.2) is 87.0 Å². The molecule has 10 nitrogen and oxygen atoms in total. The third kappa shape index (κ3) is 7.42. The number of hydrogen-bond donors (Lipinski definition) is 1. The van der Waals surface area contributed by atoms with Gasteiger partial charge in [0.1, 0.15) is 18.3 Å². The third-order valence-corrected chi connectivity index (χ3v) is 8.15. The molecule has 0 aromatic heterocycles. The van der Waals surface area contributed by atoms with Crippen LogP contribution in [0.2, 0.25) is 0 Å². The second kappa shape index (κ2) is 15.4. The standard InChI is InChI=1S/C23H43O10P3/c1-5-6-7-8-25-21-13(3)19(32-35)16(29-21)10-27-23-14(4)20(33-36)17(30-23)11-26-22-12(2)18(31-34)15(9-24)28-22/h5,12-24H,1,6-11,34-36H2,2-4H3. The molecule has 3 aliphatic heterocycles. The highest BCUT2D eigenvalue weighted by molar-refractivity contribution is 7.10. The van der Waals surface area contributed by atoms with E-state index in [-0.39, 0.29) is 74.4 Å². The summed E-state index contributed by atoms with van der Waals surface area (Å²) >= 11 is 0. The zero-order valence-electron chi connectivity index (χ0n) is 21.3. The van der Waals surface area contributed by atoms with Crippen LogP contribution in [0.25, 0.3) is 0 Å². The number of ether oxygens (including phenoxy) is 6. The summed E-state index contributed by atoms with van der Waals surface area (Å²) in [6, 6.07) is 0. The monoisotopic (exact) mass is 572 g/mol. The smallest absolute Gasteiger partial charge is 0.163 e. The summed E-state index contributed by atoms with van der Waals surface area (Å²) < 4.78 is 52.9. The van der Waals surface area contributed by atoms with E-state index in [9.17, 15) is 5.11 Å². The molecular formula is C23H43O10P3. The molecule has 0 amide bonds. The van der Waals surface area contributed by atoms with Crippen LogP contribution < -0.4 is 0 Å². The Labute approximate surface area is 221 Å². The predicted molar refractivity (Wildman–Crippen MR) is 142 cm³/mol. The van der Waals surface area contributed by atoms with Gasteiger partial charge in [-0.25, -0.2) is 0 Å². The molecule has 15 atom stereocenters. The molecule has 1 N–H and O–H groups in total. The van der Waals surface area contributed by atoms with Crippen LogP contribution in [0.4, 0.5) is 0 Å². The van der Waals surface area contributed by atoms with Crippen molar-refractivity contribution < 1.29 is 47.1 Å². The van der Waals surface area contributed by atoms with Crippen molar-refractivity contribution in [2.24, 2.45) is 17.8 Å². The Morgan fingerprint density at radius 2 is 1.14 bits per heavy atom. The van der Waals surface area contributed by atoms with Crippen molar-refractivity contribution in [1.82, 2.24) is 0 Å². The Hall–Kier alpha value is 0.630. The summed E-state index contributed by atoms with van der Waals surface area (Å²) in [6.45, 7) is 10.8. The highest BCUT2D eigenvalue weighted by atomic mass is 31.0. The molecule has 3 heterocycles. The van der Waals surface area contributed by atoms with E-state index in [0.29, 0.717) is 6.61 Å². The van der Waals surface area contributed by atoms with Crippen molar-refractivity contribution in [3.05, 3.63) is 12.7 Å². The average molecular weight is 573 g/mol. The molecule has 0 spiro atoms. The maximum Gasteiger partial charge on any atom is 0.163 e. The van der Waals surface area contributed by atoms with E-state index in [1.807, 2.05) is 26.8 Å². The van der Waals surface area contributed by atoms with E-state index in [2.05, 4.69) is 35.0 Å². The molecule has 210 valence electrons. The minimum atomic E-state index is -0.520. The second-order valence-electron chi connectivity index (χ2n) is 9.66. The Morgan fingerprint density at radius 3 is 1.53 bits per heavy atom. The Kier molecular flexibility index (Phi) is 13.4. The van der Waals surface area contributed by atoms with Crippen LogP contribution in [0, 0.1) is 17.8 Å². The van der Waals surface area contributed by atoms with Gasteiger partial charge in [0.15, 0.2) is 18.9 Å². The maximum absolute atomic E-state index is 9.55. The maximum atomic E-state index is 9.55. The van der Waals surface area contributed by atoms with Gasteiger partial charge in [0.25, 0.3) is 0 Å². The molecule has 3 rings (SSSR count). The number of allylic oxidation sites excluding steroid dienone is 1. The molecule has 36 heavy (non-hydrogen) atoms. The zero-order valence-corrected chi connectivity index (χ0v) is 24.8. The largest absolute Gasteiger partial charge is 0.394 e. The van der Waals surface area contributed by atoms with Gasteiger partial charge in [-0.1, -0.05) is 26.8 Å². The van der Waals surface area contributed by atoms with Crippen LogP contribution in [0.15, 0.2) is 12.7 Å². The first kappa shape index (κ1) is 31.2. The minimum Gasteiger partial charge on any atom is -0.394 e. The Bertz CT molecular complexity index is 664. The van der Waals surface area contributed by atoms with E-state index < -0.39 is 18.7 Å². The van der Waals surface area contributed by atoms with Gasteiger partial charge < -0.3 is 47.1 Å². The molecule has 15 unspecified atom stereocenters. The van der Waals surface area contributed by atoms with Crippen molar-refractivity contribution in [2.75, 3.05) is 26.4 Å². The van der Waals surface area contributed by atoms with Crippen molar-refractivity contribution >= 4 is 28.4 Å². The minimum absolute atomic E-state index is 0.0496. The fraction of sp³-hybridized carbons (Fsp3) is 0.913. The van der Waals surface area contributed by atoms with Gasteiger partial charge >= 0.3 is 0 Å². The fourth-order valence-electron chi connectivity index (χ4n) is 5.03. The summed E-state index contributed by atoms with van der Waals surface area (Å²) in [7, 11) is 6.87. The van der Waals surface area contributed by atoms with Gasteiger partial charge in [0, 0.05) is 46.2 Å². The first-order chi connectivity index (χ1) is 17.4. The fourth-order valence-corrected chi connectivity index (χ4v) is 6.30. The van der Waals surface area contributed by atoms with E-state index in [1.165, 1.54) is 0 Å². The molecule has 0 saturated carbocycles. The second-order valence-corrected chi connectivity index (χ2v) is 10.5. The SMILES string of the molecule is C=CCCCOC1OC(COC2OC(COC3OC(CO)C(OP)C3C)C(OP)C2C)C(OP)C1C. The predicted octanol–water partition coefficient (Wildman–Crippen LogP) is 2.60. The highest BCUT2D eigenvalue weighted by Gasteiger charge is 2.48. The number of rotatable bonds is 15. The first-order valence-electron chi connectivity index (χ1n) is 12.5. The van der Waals surface area contributed by atoms with Crippen molar-refractivity contribution in [3.63, 3.8) is 0 Å². The van der Waals surface area contributed by atoms with Gasteiger partial charge in [-0.15, -0.1) is 6.58 Å². The summed E-state index contributed by atoms with van der Waals surface area (Å²) in [5.41, 5.74) is 0. The lowest BCUT2D eigenvalue weighted by Crippen LogP contribution is -2.34. The van der Waals surface area contributed by atoms with Gasteiger partial charge in [0.2, 0.25) is 0 Å². The molecule has 0 aromatic rings. The molecule has 3 fully saturated rings. The van der Waals surface area contributed by atoms with Crippen LogP contribution in [0.1, 0.15) is 33.6 Å². The lowest BCUT2D eigenvalue weighted by Gasteiger charge is -2.22. The third-order valence-electron chi connectivity index (χ3n) is 7.20. The van der Waals surface area contributed by atoms with Crippen LogP contribution in [0.5, 0.6) is 0 Å². The molecular weight excluding hydrogens is 529 g/mol. The van der Waals surface area contributed by atoms with Gasteiger partial charge in [-0.2, -0.15) is 0 Å². The summed E-state index contributed by atoms with van der Waals surface area (Å²) in [5.74, 6) is -0.0545. The van der Waals surface area contributed by atoms with Crippen molar-refractivity contribution in [2.45, 2.75) is 89.1 Å². The number of unbranched alkanes of at least 4 members (excludes halogenated alkanes) is 1. The molecule has 0 aromatic carbocycles. The summed E-state index contributed by atoms with van der Waals surface area (Å²) in [6.07, 6.45) is 0.494. The number of aliphatic hydroxyl groups excluding tert-OH is 1. The summed E-state index contributed by atoms with van der Waals surface area (Å²) in [4.78, 5) is 0. The Balaban J connectivity index is 1.50. The quantitative estimate of drug-likeness (QED) is 0.179. The summed E-state index contributed by atoms with van der Waals surface area (Å²) in [5, 5.41) is 9.55. The molecule has 13 heteroatoms. The number of hydrogen-bond acceptors (Lipinski definition) is 10. The van der Waals surface area contributed by atoms with Gasteiger partial charge in [-0.05, 0) is 12.8 Å². The van der Waals surface area contributed by atoms with Crippen LogP contribution >= 0.6 is 28.4 Å². The molecule has 0 bridgehead atoms. The van der Waals surface area contributed by atoms with Crippen LogP contribution in [0.3, 0.4) is 0 Å². The molecule has 3 aliphatic rings. The van der Waals surface area contributed by atoms with E-state index >= 15 is 0 Å². The van der Waals surface area contributed by atoms with E-state index in [1.54, 1.807) is 0 Å². The molecule has 0 aliphatic carbocycles. The van der Waals surface area contributed by atoms with Crippen molar-refractivity contribution in [1.29, 1.82) is 0 Å². The average Bonchev–Trinajstić information content (AvgIpc) is 3.48. The molecule has 0 radical (unpaired) electrons.